The molecule has 2 amide bonds. The summed E-state index contributed by atoms with van der Waals surface area (Å²) in [5.74, 6) is -1.75. The second-order valence-corrected chi connectivity index (χ2v) is 8.77. The molecule has 3 heterocycles. The van der Waals surface area contributed by atoms with Crippen LogP contribution in [0.15, 0.2) is 22.6 Å². The van der Waals surface area contributed by atoms with Gasteiger partial charge in [-0.25, -0.2) is 4.98 Å². The van der Waals surface area contributed by atoms with Gasteiger partial charge in [0, 0.05) is 11.4 Å². The first-order valence-electron chi connectivity index (χ1n) is 9.26. The maximum atomic E-state index is 12.3. The fraction of sp³-hybridized carbons (Fsp3) is 0.316. The van der Waals surface area contributed by atoms with Gasteiger partial charge in [-0.2, -0.15) is 0 Å². The highest BCUT2D eigenvalue weighted by Gasteiger charge is 2.26. The Morgan fingerprint density at radius 2 is 2.13 bits per heavy atom. The minimum absolute atomic E-state index is 0.0790. The first-order chi connectivity index (χ1) is 14.4. The van der Waals surface area contributed by atoms with E-state index in [0.29, 0.717) is 20.8 Å². The Hall–Kier alpha value is -3.05. The molecule has 0 radical (unpaired) electrons. The third kappa shape index (κ3) is 3.98. The normalized spacial score (nSPS) is 12.7. The van der Waals surface area contributed by atoms with Gasteiger partial charge in [0.2, 0.25) is 0 Å². The third-order valence-electron chi connectivity index (χ3n) is 4.79. The molecule has 0 aliphatic heterocycles. The number of fused-ring (bicyclic) bond motifs is 2. The van der Waals surface area contributed by atoms with Crippen LogP contribution in [0.1, 0.15) is 33.6 Å². The number of hydrogen-bond acceptors (Lipinski definition) is 8. The van der Waals surface area contributed by atoms with E-state index in [0.717, 1.165) is 29.7 Å². The van der Waals surface area contributed by atoms with E-state index in [9.17, 15) is 19.2 Å². The number of anilines is 1. The van der Waals surface area contributed by atoms with Gasteiger partial charge in [0.25, 0.3) is 17.4 Å². The van der Waals surface area contributed by atoms with Crippen LogP contribution in [0.3, 0.4) is 0 Å². The summed E-state index contributed by atoms with van der Waals surface area (Å²) in [5, 5.41) is 5.30. The van der Waals surface area contributed by atoms with Crippen molar-refractivity contribution in [3.63, 3.8) is 0 Å². The van der Waals surface area contributed by atoms with E-state index in [4.69, 9.17) is 10.5 Å². The number of carbonyl (C=O) groups is 3. The van der Waals surface area contributed by atoms with Gasteiger partial charge in [0.15, 0.2) is 6.61 Å². The molecular formula is C19H18N4O5S2. The summed E-state index contributed by atoms with van der Waals surface area (Å²) in [4.78, 5) is 54.1. The smallest absolute Gasteiger partial charge is 0.308 e. The summed E-state index contributed by atoms with van der Waals surface area (Å²) in [6.45, 7) is -0.391. The van der Waals surface area contributed by atoms with E-state index in [-0.39, 0.29) is 18.5 Å². The molecule has 3 N–H and O–H groups in total. The van der Waals surface area contributed by atoms with Gasteiger partial charge in [0.05, 0.1) is 23.7 Å². The van der Waals surface area contributed by atoms with Crippen LogP contribution in [-0.4, -0.2) is 33.9 Å². The third-order valence-corrected chi connectivity index (χ3v) is 6.82. The molecular weight excluding hydrogens is 428 g/mol. The van der Waals surface area contributed by atoms with Crippen molar-refractivity contribution in [1.82, 2.24) is 9.55 Å². The Bertz CT molecular complexity index is 1210. The van der Waals surface area contributed by atoms with E-state index in [1.165, 1.54) is 33.6 Å². The number of aromatic nitrogens is 2. The van der Waals surface area contributed by atoms with Crippen LogP contribution < -0.4 is 16.6 Å². The first kappa shape index (κ1) is 20.2. The van der Waals surface area contributed by atoms with Crippen LogP contribution in [0.25, 0.3) is 10.2 Å². The van der Waals surface area contributed by atoms with E-state index in [1.807, 2.05) is 0 Å². The van der Waals surface area contributed by atoms with E-state index in [2.05, 4.69) is 10.3 Å². The van der Waals surface area contributed by atoms with E-state index >= 15 is 0 Å². The summed E-state index contributed by atoms with van der Waals surface area (Å²) in [6.07, 6.45) is 3.90. The molecule has 0 unspecified atom stereocenters. The van der Waals surface area contributed by atoms with Gasteiger partial charge in [0.1, 0.15) is 9.83 Å². The topological polar surface area (TPSA) is 133 Å². The van der Waals surface area contributed by atoms with Crippen molar-refractivity contribution in [2.75, 3.05) is 11.9 Å². The second-order valence-electron chi connectivity index (χ2n) is 6.77. The lowest BCUT2D eigenvalue weighted by molar-refractivity contribution is -0.147. The number of rotatable bonds is 7. The molecule has 9 nitrogen and oxygen atoms in total. The first-order valence-corrected chi connectivity index (χ1v) is 11.0. The average Bonchev–Trinajstić information content (AvgIpc) is 3.41. The molecule has 0 saturated carbocycles. The lowest BCUT2D eigenvalue weighted by Crippen LogP contribution is -2.24. The highest BCUT2D eigenvalue weighted by Crippen LogP contribution is 2.38. The number of ether oxygens (including phenoxy) is 1. The molecule has 3 aromatic heterocycles. The number of amides is 2. The van der Waals surface area contributed by atoms with Gasteiger partial charge in [-0.05, 0) is 36.3 Å². The molecule has 156 valence electrons. The van der Waals surface area contributed by atoms with E-state index in [1.54, 1.807) is 11.4 Å². The predicted molar refractivity (Wildman–Crippen MR) is 113 cm³/mol. The van der Waals surface area contributed by atoms with Crippen molar-refractivity contribution in [2.24, 2.45) is 5.73 Å². The Kier molecular flexibility index (Phi) is 5.64. The molecule has 0 bridgehead atoms. The summed E-state index contributed by atoms with van der Waals surface area (Å²) < 4.78 is 6.33. The quantitative estimate of drug-likeness (QED) is 0.531. The highest BCUT2D eigenvalue weighted by molar-refractivity contribution is 7.17. The average molecular weight is 447 g/mol. The summed E-state index contributed by atoms with van der Waals surface area (Å²) in [6, 6.07) is 1.69. The maximum absolute atomic E-state index is 12.3. The van der Waals surface area contributed by atoms with Crippen LogP contribution in [0.5, 0.6) is 0 Å². The van der Waals surface area contributed by atoms with Crippen molar-refractivity contribution in [2.45, 2.75) is 32.2 Å². The SMILES string of the molecule is NC(=O)c1c(NC(=O)COC(=O)CCn2cnc3sccc3c2=O)sc2c1CCC2. The Morgan fingerprint density at radius 3 is 2.93 bits per heavy atom. The second kappa shape index (κ2) is 8.36. The Labute approximate surface area is 178 Å². The predicted octanol–water partition coefficient (Wildman–Crippen LogP) is 1.68. The zero-order chi connectivity index (χ0) is 21.3. The van der Waals surface area contributed by atoms with Crippen molar-refractivity contribution < 1.29 is 19.1 Å². The largest absolute Gasteiger partial charge is 0.456 e. The van der Waals surface area contributed by atoms with E-state index < -0.39 is 24.4 Å². The lowest BCUT2D eigenvalue weighted by Gasteiger charge is -2.08. The Morgan fingerprint density at radius 1 is 1.30 bits per heavy atom. The Balaban J connectivity index is 1.31. The standard InChI is InChI=1S/C19H18N4O5S2/c20-16(26)15-10-2-1-3-12(10)30-18(15)22-13(24)8-28-14(25)4-6-23-9-21-17-11(19(23)27)5-7-29-17/h5,7,9H,1-4,6,8H2,(H2,20,26)(H,22,24). The zero-order valence-corrected chi connectivity index (χ0v) is 17.4. The number of carbonyl (C=O) groups excluding carboxylic acids is 3. The van der Waals surface area contributed by atoms with Crippen molar-refractivity contribution in [3.8, 4) is 0 Å². The van der Waals surface area contributed by atoms with Gasteiger partial charge in [-0.1, -0.05) is 0 Å². The molecule has 4 rings (SSSR count). The number of hydrogen-bond donors (Lipinski definition) is 2. The molecule has 1 aliphatic rings. The van der Waals surface area contributed by atoms with Crippen molar-refractivity contribution in [1.29, 1.82) is 0 Å². The fourth-order valence-corrected chi connectivity index (χ4v) is 5.43. The van der Waals surface area contributed by atoms with Gasteiger partial charge in [-0.15, -0.1) is 22.7 Å². The lowest BCUT2D eigenvalue weighted by atomic mass is 10.1. The molecule has 30 heavy (non-hydrogen) atoms. The van der Waals surface area contributed by atoms with Crippen molar-refractivity contribution >= 4 is 55.7 Å². The fourth-order valence-electron chi connectivity index (χ4n) is 3.40. The molecule has 0 aromatic carbocycles. The van der Waals surface area contributed by atoms with Crippen LogP contribution in [0.2, 0.25) is 0 Å². The number of nitrogens with zero attached hydrogens (tertiary/aromatic N) is 2. The molecule has 0 atom stereocenters. The number of aryl methyl sites for hydroxylation is 2. The summed E-state index contributed by atoms with van der Waals surface area (Å²) in [5.41, 5.74) is 6.49. The number of nitrogens with one attached hydrogen (secondary N) is 1. The van der Waals surface area contributed by atoms with Crippen molar-refractivity contribution in [3.05, 3.63) is 44.1 Å². The summed E-state index contributed by atoms with van der Waals surface area (Å²) >= 11 is 2.70. The summed E-state index contributed by atoms with van der Waals surface area (Å²) in [7, 11) is 0. The van der Waals surface area contributed by atoms with Crippen LogP contribution >= 0.6 is 22.7 Å². The molecule has 1 aliphatic carbocycles. The number of esters is 1. The minimum atomic E-state index is -0.619. The zero-order valence-electron chi connectivity index (χ0n) is 15.8. The monoisotopic (exact) mass is 446 g/mol. The number of nitrogens with two attached hydrogens (primary N) is 1. The number of primary amides is 1. The molecule has 0 saturated heterocycles. The number of thiophene rings is 2. The van der Waals surface area contributed by atoms with Crippen LogP contribution in [0.4, 0.5) is 5.00 Å². The minimum Gasteiger partial charge on any atom is -0.456 e. The molecule has 11 heteroatoms. The van der Waals surface area contributed by atoms with Crippen LogP contribution in [-0.2, 0) is 33.7 Å². The van der Waals surface area contributed by atoms with Gasteiger partial charge < -0.3 is 15.8 Å². The highest BCUT2D eigenvalue weighted by atomic mass is 32.1. The molecule has 3 aromatic rings. The van der Waals surface area contributed by atoms with Gasteiger partial charge in [-0.3, -0.25) is 23.7 Å². The molecule has 0 spiro atoms. The van der Waals surface area contributed by atoms with Gasteiger partial charge >= 0.3 is 5.97 Å². The molecule has 0 fully saturated rings. The van der Waals surface area contributed by atoms with Crippen LogP contribution in [0, 0.1) is 0 Å². The maximum Gasteiger partial charge on any atom is 0.308 e.